The van der Waals surface area contributed by atoms with Gasteiger partial charge in [-0.15, -0.1) is 11.3 Å². The third kappa shape index (κ3) is 3.93. The molecular weight excluding hydrogens is 424 g/mol. The van der Waals surface area contributed by atoms with Crippen LogP contribution in [0.4, 0.5) is 10.5 Å². The highest BCUT2D eigenvalue weighted by atomic mass is 79.9. The van der Waals surface area contributed by atoms with Crippen LogP contribution in [-0.4, -0.2) is 42.9 Å². The number of hydrogen-bond donors (Lipinski definition) is 1. The van der Waals surface area contributed by atoms with E-state index in [-0.39, 0.29) is 29.2 Å². The fourth-order valence-electron chi connectivity index (χ4n) is 4.68. The summed E-state index contributed by atoms with van der Waals surface area (Å²) in [6, 6.07) is 11.4. The van der Waals surface area contributed by atoms with Gasteiger partial charge in [0.2, 0.25) is 0 Å². The first-order valence-corrected chi connectivity index (χ1v) is 10.3. The van der Waals surface area contributed by atoms with Crippen molar-refractivity contribution < 1.29 is 31.0 Å². The monoisotopic (exact) mass is 450 g/mol. The number of nitrogens with one attached hydrogen (secondary N) is 1. The highest BCUT2D eigenvalue weighted by Gasteiger charge is 2.49. The highest BCUT2D eigenvalue weighted by Crippen LogP contribution is 2.41. The van der Waals surface area contributed by atoms with Crippen molar-refractivity contribution in [3.8, 4) is 10.4 Å². The van der Waals surface area contributed by atoms with Crippen molar-refractivity contribution >= 4 is 23.1 Å². The molecule has 4 rings (SSSR count). The van der Waals surface area contributed by atoms with Gasteiger partial charge in [-0.05, 0) is 23.9 Å². The Morgan fingerprint density at radius 2 is 1.85 bits per heavy atom. The number of amides is 1. The van der Waals surface area contributed by atoms with Gasteiger partial charge < -0.3 is 26.2 Å². The molecule has 2 aliphatic heterocycles. The summed E-state index contributed by atoms with van der Waals surface area (Å²) < 4.78 is 6.93. The average molecular weight is 451 g/mol. The largest absolute Gasteiger partial charge is 1.00 e. The van der Waals surface area contributed by atoms with E-state index in [9.17, 15) is 4.79 Å². The predicted molar refractivity (Wildman–Crippen MR) is 107 cm³/mol. The normalized spacial score (nSPS) is 25.5. The van der Waals surface area contributed by atoms with Gasteiger partial charge in [-0.3, -0.25) is 5.32 Å². The maximum absolute atomic E-state index is 12.6. The summed E-state index contributed by atoms with van der Waals surface area (Å²) >= 11 is 1.68. The molecule has 2 bridgehead atoms. The summed E-state index contributed by atoms with van der Waals surface area (Å²) in [5.41, 5.74) is 2.96. The zero-order valence-corrected chi connectivity index (χ0v) is 18.5. The number of rotatable bonds is 3. The molecule has 0 aliphatic carbocycles. The number of nitrogens with zero attached hydrogens (tertiary/aromatic N) is 1. The molecule has 1 aromatic heterocycles. The van der Waals surface area contributed by atoms with Crippen LogP contribution in [0.1, 0.15) is 31.2 Å². The molecule has 1 unspecified atom stereocenters. The number of fused-ring (bicyclic) bond motifs is 2. The van der Waals surface area contributed by atoms with Gasteiger partial charge in [0.05, 0.1) is 31.9 Å². The summed E-state index contributed by atoms with van der Waals surface area (Å²) in [5, 5.41) is 5.08. The van der Waals surface area contributed by atoms with Gasteiger partial charge in [0.1, 0.15) is 6.10 Å². The molecule has 2 aliphatic rings. The van der Waals surface area contributed by atoms with Crippen LogP contribution >= 0.6 is 11.3 Å². The first-order valence-electron chi connectivity index (χ1n) is 9.39. The molecule has 0 saturated carbocycles. The van der Waals surface area contributed by atoms with E-state index in [0.717, 1.165) is 39.0 Å². The quantitative estimate of drug-likeness (QED) is 0.726. The number of piperidine rings is 1. The number of carbonyl (C=O) groups excluding carboxylic acids is 1. The number of carbonyl (C=O) groups is 1. The number of thiophene rings is 1. The van der Waals surface area contributed by atoms with Crippen LogP contribution in [-0.2, 0) is 4.74 Å². The molecule has 6 heteroatoms. The molecule has 0 radical (unpaired) electrons. The van der Waals surface area contributed by atoms with Crippen LogP contribution in [0.25, 0.3) is 10.4 Å². The lowest BCUT2D eigenvalue weighted by molar-refractivity contribution is -0.931. The molecule has 2 fully saturated rings. The Balaban J connectivity index is 0.00000210. The Hall–Kier alpha value is -1.37. The van der Waals surface area contributed by atoms with E-state index in [1.165, 1.54) is 12.8 Å². The number of hydrogen-bond acceptors (Lipinski definition) is 3. The van der Waals surface area contributed by atoms with Crippen LogP contribution in [0.5, 0.6) is 0 Å². The molecule has 1 N–H and O–H groups in total. The second-order valence-electron chi connectivity index (χ2n) is 8.11. The molecule has 4 nitrogen and oxygen atoms in total. The number of ether oxygens (including phenoxy) is 1. The Labute approximate surface area is 175 Å². The van der Waals surface area contributed by atoms with Gasteiger partial charge in [0.15, 0.2) is 0 Å². The van der Waals surface area contributed by atoms with Crippen molar-refractivity contribution in [1.82, 2.24) is 0 Å². The second kappa shape index (κ2) is 7.94. The van der Waals surface area contributed by atoms with Gasteiger partial charge in [-0.2, -0.15) is 0 Å². The SMILES string of the molecule is Cc1cccc(-c2cccs2)c1NC(=O)OC1C[C@H]2CC[C@@H](C1)[N+]2(C)C.[Br-]. The maximum Gasteiger partial charge on any atom is 0.411 e. The molecule has 27 heavy (non-hydrogen) atoms. The van der Waals surface area contributed by atoms with Crippen LogP contribution in [0, 0.1) is 6.92 Å². The number of quaternary nitrogens is 1. The molecule has 3 atom stereocenters. The maximum atomic E-state index is 12.6. The average Bonchev–Trinajstić information content (AvgIpc) is 3.13. The number of halogens is 1. The Bertz CT molecular complexity index is 791. The third-order valence-corrected chi connectivity index (χ3v) is 7.25. The van der Waals surface area contributed by atoms with Gasteiger partial charge in [0, 0.05) is 36.1 Å². The zero-order chi connectivity index (χ0) is 18.3. The third-order valence-electron chi connectivity index (χ3n) is 6.35. The van der Waals surface area contributed by atoms with E-state index < -0.39 is 0 Å². The summed E-state index contributed by atoms with van der Waals surface area (Å²) in [7, 11) is 4.64. The summed E-state index contributed by atoms with van der Waals surface area (Å²) in [6.07, 6.45) is 4.16. The lowest BCUT2D eigenvalue weighted by Gasteiger charge is -2.43. The number of benzene rings is 1. The van der Waals surface area contributed by atoms with E-state index in [1.807, 2.05) is 25.1 Å². The molecule has 1 amide bonds. The van der Waals surface area contributed by atoms with Crippen LogP contribution in [0.2, 0.25) is 0 Å². The van der Waals surface area contributed by atoms with Gasteiger partial charge >= 0.3 is 6.09 Å². The minimum atomic E-state index is -0.325. The van der Waals surface area contributed by atoms with Crippen LogP contribution in [0.3, 0.4) is 0 Å². The summed E-state index contributed by atoms with van der Waals surface area (Å²) in [6.45, 7) is 2.02. The molecule has 146 valence electrons. The van der Waals surface area contributed by atoms with Crippen molar-refractivity contribution in [3.05, 3.63) is 41.3 Å². The summed E-state index contributed by atoms with van der Waals surface area (Å²) in [4.78, 5) is 13.8. The number of aryl methyl sites for hydroxylation is 1. The lowest BCUT2D eigenvalue weighted by Crippen LogP contribution is -3.00. The fraction of sp³-hybridized carbons (Fsp3) is 0.476. The van der Waals surface area contributed by atoms with Gasteiger partial charge in [0.25, 0.3) is 0 Å². The summed E-state index contributed by atoms with van der Waals surface area (Å²) in [5.74, 6) is 0. The topological polar surface area (TPSA) is 38.3 Å². The molecule has 2 saturated heterocycles. The van der Waals surface area contributed by atoms with Crippen molar-refractivity contribution in [2.24, 2.45) is 0 Å². The van der Waals surface area contributed by atoms with E-state index in [2.05, 4.69) is 36.9 Å². The first-order chi connectivity index (χ1) is 12.4. The van der Waals surface area contributed by atoms with E-state index in [4.69, 9.17) is 4.74 Å². The van der Waals surface area contributed by atoms with Crippen molar-refractivity contribution in [2.45, 2.75) is 50.8 Å². The molecule has 1 aromatic carbocycles. The van der Waals surface area contributed by atoms with Crippen LogP contribution in [0.15, 0.2) is 35.7 Å². The predicted octanol–water partition coefficient (Wildman–Crippen LogP) is 2.05. The molecule has 0 spiro atoms. The number of anilines is 1. The fourth-order valence-corrected chi connectivity index (χ4v) is 5.44. The Morgan fingerprint density at radius 3 is 2.48 bits per heavy atom. The van der Waals surface area contributed by atoms with Crippen molar-refractivity contribution in [3.63, 3.8) is 0 Å². The van der Waals surface area contributed by atoms with E-state index in [0.29, 0.717) is 12.1 Å². The molecular formula is C21H27BrN2O2S. The first kappa shape index (κ1) is 20.4. The standard InChI is InChI=1S/C21H26N2O2S.BrH/c1-14-6-4-7-18(19-8-5-11-26-19)20(14)22-21(24)25-17-12-15-9-10-16(13-17)23(15,2)3;/h4-8,11,15-17H,9-10,12-13H2,1-3H3;1H/t15-,16+,17?;. The van der Waals surface area contributed by atoms with E-state index in [1.54, 1.807) is 11.3 Å². The van der Waals surface area contributed by atoms with E-state index >= 15 is 0 Å². The number of para-hydroxylation sites is 1. The smallest absolute Gasteiger partial charge is 0.411 e. The highest BCUT2D eigenvalue weighted by molar-refractivity contribution is 7.13. The zero-order valence-electron chi connectivity index (χ0n) is 16.1. The van der Waals surface area contributed by atoms with Crippen molar-refractivity contribution in [2.75, 3.05) is 19.4 Å². The Kier molecular flexibility index (Phi) is 5.99. The second-order valence-corrected chi connectivity index (χ2v) is 9.06. The Morgan fingerprint density at radius 1 is 1.15 bits per heavy atom. The minimum Gasteiger partial charge on any atom is -1.00 e. The van der Waals surface area contributed by atoms with Gasteiger partial charge in [-0.25, -0.2) is 4.79 Å². The van der Waals surface area contributed by atoms with Crippen LogP contribution < -0.4 is 22.3 Å². The minimum absolute atomic E-state index is 0. The van der Waals surface area contributed by atoms with Gasteiger partial charge in [-0.1, -0.05) is 24.3 Å². The molecule has 3 heterocycles. The van der Waals surface area contributed by atoms with Crippen molar-refractivity contribution in [1.29, 1.82) is 0 Å². The lowest BCUT2D eigenvalue weighted by atomic mass is 9.98. The molecule has 2 aromatic rings.